The molecule has 1 saturated heterocycles. The van der Waals surface area contributed by atoms with Crippen molar-refractivity contribution in [3.05, 3.63) is 42.1 Å². The monoisotopic (exact) mass is 289 g/mol. The zero-order valence-electron chi connectivity index (χ0n) is 11.4. The van der Waals surface area contributed by atoms with Gasteiger partial charge in [-0.25, -0.2) is 0 Å². The Morgan fingerprint density at radius 3 is 3.15 bits per heavy atom. The minimum Gasteiger partial charge on any atom is -0.390 e. The predicted octanol–water partition coefficient (Wildman–Crippen LogP) is 3.01. The lowest BCUT2D eigenvalue weighted by atomic mass is 10.1. The standard InChI is InChI=1S/C16H19NO2S/c18-15(16-6-3-7-19-16)11-20-10-12-8-13-4-1-2-5-14(13)17-9-12/h1-2,4-5,8-9,15-16,18H,3,6-7,10-11H2. The van der Waals surface area contributed by atoms with Gasteiger partial charge in [-0.15, -0.1) is 0 Å². The fourth-order valence-electron chi connectivity index (χ4n) is 2.51. The largest absolute Gasteiger partial charge is 0.390 e. The van der Waals surface area contributed by atoms with Crippen LogP contribution in [0.3, 0.4) is 0 Å². The lowest BCUT2D eigenvalue weighted by molar-refractivity contribution is 0.0110. The van der Waals surface area contributed by atoms with Gasteiger partial charge in [0.25, 0.3) is 0 Å². The van der Waals surface area contributed by atoms with E-state index in [4.69, 9.17) is 4.74 Å². The Bertz CT molecular complexity index is 569. The third kappa shape index (κ3) is 3.32. The van der Waals surface area contributed by atoms with Crippen molar-refractivity contribution < 1.29 is 9.84 Å². The quantitative estimate of drug-likeness (QED) is 0.919. The summed E-state index contributed by atoms with van der Waals surface area (Å²) < 4.78 is 5.50. The Morgan fingerprint density at radius 1 is 1.40 bits per heavy atom. The van der Waals surface area contributed by atoms with E-state index in [-0.39, 0.29) is 12.2 Å². The molecule has 0 radical (unpaired) electrons. The van der Waals surface area contributed by atoms with Crippen LogP contribution in [0.4, 0.5) is 0 Å². The molecule has 1 aromatic heterocycles. The number of aliphatic hydroxyl groups excluding tert-OH is 1. The van der Waals surface area contributed by atoms with Crippen LogP contribution >= 0.6 is 11.8 Å². The van der Waals surface area contributed by atoms with Crippen molar-refractivity contribution >= 4 is 22.7 Å². The van der Waals surface area contributed by atoms with Crippen molar-refractivity contribution in [2.24, 2.45) is 0 Å². The fourth-order valence-corrected chi connectivity index (χ4v) is 3.47. The molecule has 20 heavy (non-hydrogen) atoms. The lowest BCUT2D eigenvalue weighted by Gasteiger charge is -2.16. The predicted molar refractivity (Wildman–Crippen MR) is 82.9 cm³/mol. The number of rotatable bonds is 5. The molecule has 1 N–H and O–H groups in total. The van der Waals surface area contributed by atoms with E-state index >= 15 is 0 Å². The van der Waals surface area contributed by atoms with Crippen LogP contribution in [0.1, 0.15) is 18.4 Å². The summed E-state index contributed by atoms with van der Waals surface area (Å²) in [5.41, 5.74) is 2.23. The van der Waals surface area contributed by atoms with Crippen LogP contribution in [0.15, 0.2) is 36.5 Å². The van der Waals surface area contributed by atoms with Crippen LogP contribution in [-0.4, -0.2) is 34.7 Å². The molecule has 1 aliphatic heterocycles. The maximum Gasteiger partial charge on any atom is 0.0892 e. The maximum atomic E-state index is 10.0. The van der Waals surface area contributed by atoms with E-state index in [0.717, 1.165) is 36.5 Å². The minimum absolute atomic E-state index is 0.0391. The molecular formula is C16H19NO2S. The zero-order chi connectivity index (χ0) is 13.8. The van der Waals surface area contributed by atoms with Crippen LogP contribution in [-0.2, 0) is 10.5 Å². The summed E-state index contributed by atoms with van der Waals surface area (Å²) in [6.45, 7) is 0.793. The minimum atomic E-state index is -0.351. The summed E-state index contributed by atoms with van der Waals surface area (Å²) in [5, 5.41) is 11.2. The Labute approximate surface area is 123 Å². The van der Waals surface area contributed by atoms with Gasteiger partial charge in [-0.05, 0) is 30.5 Å². The first-order chi connectivity index (χ1) is 9.83. The highest BCUT2D eigenvalue weighted by Crippen LogP contribution is 2.21. The summed E-state index contributed by atoms with van der Waals surface area (Å²) in [7, 11) is 0. The average Bonchev–Trinajstić information content (AvgIpc) is 3.01. The van der Waals surface area contributed by atoms with Crippen molar-refractivity contribution in [2.75, 3.05) is 12.4 Å². The second kappa shape index (κ2) is 6.57. The first kappa shape index (κ1) is 13.9. The maximum absolute atomic E-state index is 10.0. The fraction of sp³-hybridized carbons (Fsp3) is 0.438. The molecule has 1 aromatic carbocycles. The Kier molecular flexibility index (Phi) is 4.55. The number of nitrogens with zero attached hydrogens (tertiary/aromatic N) is 1. The van der Waals surface area contributed by atoms with Gasteiger partial charge in [-0.3, -0.25) is 4.98 Å². The van der Waals surface area contributed by atoms with Crippen LogP contribution in [0.5, 0.6) is 0 Å². The average molecular weight is 289 g/mol. The second-order valence-electron chi connectivity index (χ2n) is 5.17. The van der Waals surface area contributed by atoms with E-state index < -0.39 is 0 Å². The number of aliphatic hydroxyl groups is 1. The number of fused-ring (bicyclic) bond motifs is 1. The molecule has 2 heterocycles. The Balaban J connectivity index is 1.54. The smallest absolute Gasteiger partial charge is 0.0892 e. The van der Waals surface area contributed by atoms with Crippen molar-refractivity contribution in [2.45, 2.75) is 30.8 Å². The van der Waals surface area contributed by atoms with Gasteiger partial charge < -0.3 is 9.84 Å². The molecule has 0 spiro atoms. The first-order valence-corrected chi connectivity index (χ1v) is 8.19. The van der Waals surface area contributed by atoms with Gasteiger partial charge in [0.15, 0.2) is 0 Å². The number of para-hydroxylation sites is 1. The van der Waals surface area contributed by atoms with E-state index in [1.165, 1.54) is 10.9 Å². The van der Waals surface area contributed by atoms with Gasteiger partial charge in [0.2, 0.25) is 0 Å². The molecule has 2 aromatic rings. The molecule has 106 valence electrons. The molecule has 0 bridgehead atoms. The molecular weight excluding hydrogens is 270 g/mol. The highest BCUT2D eigenvalue weighted by atomic mass is 32.2. The number of benzene rings is 1. The van der Waals surface area contributed by atoms with Gasteiger partial charge in [0.1, 0.15) is 0 Å². The number of hydrogen-bond acceptors (Lipinski definition) is 4. The second-order valence-corrected chi connectivity index (χ2v) is 6.20. The molecule has 0 aliphatic carbocycles. The van der Waals surface area contributed by atoms with E-state index in [0.29, 0.717) is 0 Å². The van der Waals surface area contributed by atoms with E-state index in [1.807, 2.05) is 24.4 Å². The van der Waals surface area contributed by atoms with Crippen LogP contribution in [0.25, 0.3) is 10.9 Å². The highest BCUT2D eigenvalue weighted by Gasteiger charge is 2.23. The van der Waals surface area contributed by atoms with Gasteiger partial charge in [0, 0.05) is 29.7 Å². The van der Waals surface area contributed by atoms with Gasteiger partial charge >= 0.3 is 0 Å². The summed E-state index contributed by atoms with van der Waals surface area (Å²) in [6.07, 6.45) is 3.67. The van der Waals surface area contributed by atoms with E-state index in [1.54, 1.807) is 11.8 Å². The van der Waals surface area contributed by atoms with Crippen molar-refractivity contribution in [3.8, 4) is 0 Å². The number of ether oxygens (including phenoxy) is 1. The van der Waals surface area contributed by atoms with Crippen LogP contribution in [0.2, 0.25) is 0 Å². The SMILES string of the molecule is OC(CSCc1cnc2ccccc2c1)C1CCCO1. The third-order valence-electron chi connectivity index (χ3n) is 3.60. The number of pyridine rings is 1. The molecule has 4 heteroatoms. The third-order valence-corrected chi connectivity index (χ3v) is 4.71. The molecule has 0 amide bonds. The van der Waals surface area contributed by atoms with Crippen molar-refractivity contribution in [3.63, 3.8) is 0 Å². The summed E-state index contributed by atoms with van der Waals surface area (Å²) in [4.78, 5) is 4.46. The molecule has 2 atom stereocenters. The summed E-state index contributed by atoms with van der Waals surface area (Å²) in [6, 6.07) is 10.3. The zero-order valence-corrected chi connectivity index (χ0v) is 12.2. The van der Waals surface area contributed by atoms with E-state index in [2.05, 4.69) is 17.1 Å². The van der Waals surface area contributed by atoms with Crippen molar-refractivity contribution in [1.29, 1.82) is 0 Å². The molecule has 1 fully saturated rings. The van der Waals surface area contributed by atoms with Gasteiger partial charge in [0.05, 0.1) is 17.7 Å². The summed E-state index contributed by atoms with van der Waals surface area (Å²) >= 11 is 1.74. The highest BCUT2D eigenvalue weighted by molar-refractivity contribution is 7.98. The molecule has 2 unspecified atom stereocenters. The lowest BCUT2D eigenvalue weighted by Crippen LogP contribution is -2.27. The molecule has 3 nitrogen and oxygen atoms in total. The molecule has 0 saturated carbocycles. The number of thioether (sulfide) groups is 1. The molecule has 1 aliphatic rings. The van der Waals surface area contributed by atoms with Crippen LogP contribution in [0, 0.1) is 0 Å². The van der Waals surface area contributed by atoms with Gasteiger partial charge in [-0.2, -0.15) is 11.8 Å². The topological polar surface area (TPSA) is 42.4 Å². The van der Waals surface area contributed by atoms with Crippen LogP contribution < -0.4 is 0 Å². The normalized spacial score (nSPS) is 20.4. The Hall–Kier alpha value is -1.10. The summed E-state index contributed by atoms with van der Waals surface area (Å²) in [5.74, 6) is 1.60. The Morgan fingerprint density at radius 2 is 2.30 bits per heavy atom. The first-order valence-electron chi connectivity index (χ1n) is 7.04. The number of hydrogen-bond donors (Lipinski definition) is 1. The molecule has 3 rings (SSSR count). The van der Waals surface area contributed by atoms with Gasteiger partial charge in [-0.1, -0.05) is 18.2 Å². The van der Waals surface area contributed by atoms with Crippen molar-refractivity contribution in [1.82, 2.24) is 4.98 Å². The van der Waals surface area contributed by atoms with E-state index in [9.17, 15) is 5.11 Å². The number of aromatic nitrogens is 1.